The Hall–Kier alpha value is -2.95. The van der Waals surface area contributed by atoms with Gasteiger partial charge >= 0.3 is 0 Å². The van der Waals surface area contributed by atoms with Gasteiger partial charge in [-0.25, -0.2) is 9.99 Å². The smallest absolute Gasteiger partial charge is 0.211 e. The van der Waals surface area contributed by atoms with Gasteiger partial charge in [-0.05, 0) is 36.8 Å². The van der Waals surface area contributed by atoms with Crippen molar-refractivity contribution in [3.8, 4) is 11.3 Å². The van der Waals surface area contributed by atoms with E-state index in [0.717, 1.165) is 33.4 Å². The Bertz CT molecular complexity index is 1070. The summed E-state index contributed by atoms with van der Waals surface area (Å²) >= 11 is 7.59. The minimum Gasteiger partial charge on any atom is -0.218 e. The van der Waals surface area contributed by atoms with Crippen LogP contribution in [0.2, 0.25) is 5.02 Å². The number of halogens is 1. The zero-order valence-corrected chi connectivity index (χ0v) is 16.9. The van der Waals surface area contributed by atoms with Crippen LogP contribution in [0.15, 0.2) is 95.4 Å². The van der Waals surface area contributed by atoms with Gasteiger partial charge < -0.3 is 0 Å². The lowest BCUT2D eigenvalue weighted by atomic mass is 10.1. The van der Waals surface area contributed by atoms with Crippen molar-refractivity contribution in [1.82, 2.24) is 4.98 Å². The Morgan fingerprint density at radius 1 is 0.893 bits per heavy atom. The fourth-order valence-corrected chi connectivity index (χ4v) is 3.71. The molecule has 3 aromatic carbocycles. The molecule has 0 N–H and O–H groups in total. The Morgan fingerprint density at radius 2 is 1.54 bits per heavy atom. The van der Waals surface area contributed by atoms with Crippen molar-refractivity contribution < 1.29 is 0 Å². The molecule has 0 spiro atoms. The first-order valence-corrected chi connectivity index (χ1v) is 10.1. The highest BCUT2D eigenvalue weighted by Crippen LogP contribution is 2.32. The van der Waals surface area contributed by atoms with Crippen LogP contribution in [-0.4, -0.2) is 10.7 Å². The number of thiazole rings is 1. The minimum atomic E-state index is 0.712. The molecule has 0 fully saturated rings. The van der Waals surface area contributed by atoms with E-state index in [-0.39, 0.29) is 0 Å². The molecule has 0 saturated carbocycles. The maximum atomic E-state index is 6.02. The van der Waals surface area contributed by atoms with Gasteiger partial charge in [0.15, 0.2) is 0 Å². The molecule has 5 heteroatoms. The Kier molecular flexibility index (Phi) is 5.51. The molecular weight excluding hydrogens is 386 g/mol. The van der Waals surface area contributed by atoms with Crippen molar-refractivity contribution in [2.75, 3.05) is 5.01 Å². The number of hydrazone groups is 1. The van der Waals surface area contributed by atoms with Gasteiger partial charge in [0.2, 0.25) is 5.13 Å². The maximum absolute atomic E-state index is 6.02. The van der Waals surface area contributed by atoms with E-state index >= 15 is 0 Å². The Labute approximate surface area is 173 Å². The number of para-hydroxylation sites is 1. The van der Waals surface area contributed by atoms with Crippen LogP contribution in [0.4, 0.5) is 10.8 Å². The molecule has 0 aliphatic carbocycles. The topological polar surface area (TPSA) is 28.5 Å². The highest BCUT2D eigenvalue weighted by atomic mass is 35.5. The third-order valence-corrected chi connectivity index (χ3v) is 5.32. The molecule has 138 valence electrons. The summed E-state index contributed by atoms with van der Waals surface area (Å²) in [6.07, 6.45) is 0. The van der Waals surface area contributed by atoms with Crippen LogP contribution in [0.1, 0.15) is 12.5 Å². The van der Waals surface area contributed by atoms with E-state index in [4.69, 9.17) is 21.7 Å². The lowest BCUT2D eigenvalue weighted by Gasteiger charge is -2.17. The summed E-state index contributed by atoms with van der Waals surface area (Å²) in [5.41, 5.74) is 4.91. The van der Waals surface area contributed by atoms with Crippen LogP contribution >= 0.6 is 22.9 Å². The molecule has 0 radical (unpaired) electrons. The largest absolute Gasteiger partial charge is 0.218 e. The lowest BCUT2D eigenvalue weighted by molar-refractivity contribution is 1.06. The second-order valence-electron chi connectivity index (χ2n) is 6.22. The normalized spacial score (nSPS) is 11.4. The molecule has 4 rings (SSSR count). The van der Waals surface area contributed by atoms with Crippen LogP contribution in [0.25, 0.3) is 11.3 Å². The van der Waals surface area contributed by atoms with Gasteiger partial charge in [0.1, 0.15) is 0 Å². The standard InChI is InChI=1S/C23H18ClN3S/c1-17(18-12-14-20(24)15-13-18)26-27(21-10-6-3-7-11-21)23-25-22(16-28-23)19-8-4-2-5-9-19/h2-16H,1H3. The quantitative estimate of drug-likeness (QED) is 0.264. The molecule has 0 saturated heterocycles. The number of benzene rings is 3. The van der Waals surface area contributed by atoms with Gasteiger partial charge in [-0.15, -0.1) is 11.3 Å². The number of nitrogens with zero attached hydrogens (tertiary/aromatic N) is 3. The molecule has 0 bridgehead atoms. The average Bonchev–Trinajstić information content (AvgIpc) is 3.23. The van der Waals surface area contributed by atoms with E-state index in [1.165, 1.54) is 0 Å². The Morgan fingerprint density at radius 3 is 2.21 bits per heavy atom. The second kappa shape index (κ2) is 8.38. The highest BCUT2D eigenvalue weighted by Gasteiger charge is 2.14. The van der Waals surface area contributed by atoms with Crippen molar-refractivity contribution in [1.29, 1.82) is 0 Å². The molecule has 0 aliphatic heterocycles. The van der Waals surface area contributed by atoms with Gasteiger partial charge in [-0.2, -0.15) is 5.10 Å². The first-order valence-electron chi connectivity index (χ1n) is 8.88. The summed E-state index contributed by atoms with van der Waals surface area (Å²) in [6, 6.07) is 27.9. The molecule has 28 heavy (non-hydrogen) atoms. The van der Waals surface area contributed by atoms with E-state index in [9.17, 15) is 0 Å². The van der Waals surface area contributed by atoms with Gasteiger partial charge in [0.05, 0.1) is 17.1 Å². The first kappa shape index (κ1) is 18.4. The molecule has 0 aliphatic rings. The van der Waals surface area contributed by atoms with Gasteiger partial charge in [0, 0.05) is 16.0 Å². The molecular formula is C23H18ClN3S. The second-order valence-corrected chi connectivity index (χ2v) is 7.49. The summed E-state index contributed by atoms with van der Waals surface area (Å²) in [7, 11) is 0. The summed E-state index contributed by atoms with van der Waals surface area (Å²) in [5, 5.41) is 10.4. The molecule has 0 amide bonds. The third kappa shape index (κ3) is 4.14. The maximum Gasteiger partial charge on any atom is 0.211 e. The van der Waals surface area contributed by atoms with Crippen molar-refractivity contribution >= 4 is 39.5 Å². The Balaban J connectivity index is 1.74. The van der Waals surface area contributed by atoms with E-state index in [1.807, 2.05) is 84.7 Å². The van der Waals surface area contributed by atoms with E-state index < -0.39 is 0 Å². The van der Waals surface area contributed by atoms with E-state index in [1.54, 1.807) is 11.3 Å². The van der Waals surface area contributed by atoms with Crippen molar-refractivity contribution in [3.63, 3.8) is 0 Å². The number of rotatable bonds is 5. The number of hydrogen-bond acceptors (Lipinski definition) is 4. The van der Waals surface area contributed by atoms with Gasteiger partial charge in [0.25, 0.3) is 0 Å². The fraction of sp³-hybridized carbons (Fsp3) is 0.0435. The summed E-state index contributed by atoms with van der Waals surface area (Å²) in [4.78, 5) is 4.83. The first-order chi connectivity index (χ1) is 13.7. The predicted molar refractivity (Wildman–Crippen MR) is 120 cm³/mol. The third-order valence-electron chi connectivity index (χ3n) is 4.26. The predicted octanol–water partition coefficient (Wildman–Crippen LogP) is 7.03. The van der Waals surface area contributed by atoms with Crippen molar-refractivity contribution in [3.05, 3.63) is 101 Å². The van der Waals surface area contributed by atoms with E-state index in [2.05, 4.69) is 17.5 Å². The molecule has 0 atom stereocenters. The average molecular weight is 404 g/mol. The molecule has 1 aromatic heterocycles. The summed E-state index contributed by atoms with van der Waals surface area (Å²) in [5.74, 6) is 0. The summed E-state index contributed by atoms with van der Waals surface area (Å²) < 4.78 is 0. The van der Waals surface area contributed by atoms with Crippen LogP contribution in [0.5, 0.6) is 0 Å². The van der Waals surface area contributed by atoms with Gasteiger partial charge in [-0.3, -0.25) is 0 Å². The molecule has 0 unspecified atom stereocenters. The monoisotopic (exact) mass is 403 g/mol. The minimum absolute atomic E-state index is 0.712. The number of hydrogen-bond donors (Lipinski definition) is 0. The number of aromatic nitrogens is 1. The molecule has 4 aromatic rings. The van der Waals surface area contributed by atoms with E-state index in [0.29, 0.717) is 5.02 Å². The van der Waals surface area contributed by atoms with Crippen LogP contribution in [0.3, 0.4) is 0 Å². The molecule has 3 nitrogen and oxygen atoms in total. The highest BCUT2D eigenvalue weighted by molar-refractivity contribution is 7.14. The van der Waals surface area contributed by atoms with Crippen molar-refractivity contribution in [2.24, 2.45) is 5.10 Å². The fourth-order valence-electron chi connectivity index (χ4n) is 2.78. The zero-order valence-electron chi connectivity index (χ0n) is 15.3. The van der Waals surface area contributed by atoms with Crippen molar-refractivity contribution in [2.45, 2.75) is 6.92 Å². The van der Waals surface area contributed by atoms with Crippen LogP contribution < -0.4 is 5.01 Å². The zero-order chi connectivity index (χ0) is 19.3. The van der Waals surface area contributed by atoms with Crippen LogP contribution in [-0.2, 0) is 0 Å². The summed E-state index contributed by atoms with van der Waals surface area (Å²) in [6.45, 7) is 1.99. The SMILES string of the molecule is CC(=NN(c1ccccc1)c1nc(-c2ccccc2)cs1)c1ccc(Cl)cc1. The van der Waals surface area contributed by atoms with Gasteiger partial charge in [-0.1, -0.05) is 72.3 Å². The number of anilines is 2. The lowest BCUT2D eigenvalue weighted by Crippen LogP contribution is -2.12. The molecule has 1 heterocycles. The van der Waals surface area contributed by atoms with Crippen LogP contribution in [0, 0.1) is 0 Å².